The highest BCUT2D eigenvalue weighted by Gasteiger charge is 2.31. The van der Waals surface area contributed by atoms with Gasteiger partial charge in [-0.25, -0.2) is 22.2 Å². The number of sulfonamides is 1. The molecule has 2 aliphatic heterocycles. The Morgan fingerprint density at radius 1 is 1.10 bits per heavy atom. The Morgan fingerprint density at radius 2 is 1.78 bits per heavy atom. The van der Waals surface area contributed by atoms with Gasteiger partial charge >= 0.3 is 0 Å². The predicted molar refractivity (Wildman–Crippen MR) is 154 cm³/mol. The molecule has 0 unspecified atom stereocenters. The Morgan fingerprint density at radius 3 is 2.41 bits per heavy atom. The number of piperidine rings is 1. The van der Waals surface area contributed by atoms with E-state index in [9.17, 15) is 22.0 Å². The van der Waals surface area contributed by atoms with E-state index in [-0.39, 0.29) is 47.1 Å². The van der Waals surface area contributed by atoms with Gasteiger partial charge in [-0.3, -0.25) is 14.7 Å². The van der Waals surface area contributed by atoms with Crippen LogP contribution in [-0.2, 0) is 21.2 Å². The predicted octanol–water partition coefficient (Wildman–Crippen LogP) is 3.19. The van der Waals surface area contributed by atoms with Gasteiger partial charge in [0.2, 0.25) is 15.8 Å². The lowest BCUT2D eigenvalue weighted by atomic mass is 10.1. The van der Waals surface area contributed by atoms with Gasteiger partial charge in [0, 0.05) is 57.1 Å². The Labute approximate surface area is 247 Å². The number of rotatable bonds is 9. The molecule has 1 aromatic carbocycles. The number of hydrogen-bond acceptors (Lipinski definition) is 10. The van der Waals surface area contributed by atoms with Crippen LogP contribution in [0.4, 0.5) is 19.7 Å². The highest BCUT2D eigenvalue weighted by Crippen LogP contribution is 2.31. The number of nitrogens with one attached hydrogen (secondary N) is 1. The van der Waals surface area contributed by atoms with Crippen LogP contribution in [0.25, 0.3) is 0 Å². The second kappa shape index (κ2) is 13.5. The highest BCUT2D eigenvalue weighted by molar-refractivity contribution is 7.89. The lowest BCUT2D eigenvalue weighted by Crippen LogP contribution is -2.42. The maximum absolute atomic E-state index is 14.1. The molecule has 0 aliphatic carbocycles. The number of nitrogen functional groups attached to an aromatic ring is 1. The summed E-state index contributed by atoms with van der Waals surface area (Å²) >= 11 is 0.912. The first kappa shape index (κ1) is 31.2. The molecule has 0 atom stereocenters. The maximum Gasteiger partial charge on any atom is 0.244 e. The fraction of sp³-hybridized carbons (Fsp3) is 0.423. The molecule has 2 saturated heterocycles. The molecule has 2 fully saturated rings. The number of anilines is 2. The third-order valence-electron chi connectivity index (χ3n) is 7.05. The minimum Gasteiger partial charge on any atom is -0.382 e. The van der Waals surface area contributed by atoms with Crippen LogP contribution in [0.2, 0.25) is 0 Å². The smallest absolute Gasteiger partial charge is 0.244 e. The molecule has 5 rings (SSSR count). The molecular formula is C26H31ClF2N6O4S2. The topological polar surface area (TPSA) is 131 Å². The molecular weight excluding hydrogens is 598 g/mol. The van der Waals surface area contributed by atoms with E-state index in [1.165, 1.54) is 16.6 Å². The molecule has 0 bridgehead atoms. The number of thiazole rings is 1. The number of hydrogen-bond donors (Lipinski definition) is 2. The van der Waals surface area contributed by atoms with Crippen LogP contribution < -0.4 is 11.1 Å². The zero-order valence-corrected chi connectivity index (χ0v) is 24.5. The summed E-state index contributed by atoms with van der Waals surface area (Å²) < 4.78 is 61.4. The summed E-state index contributed by atoms with van der Waals surface area (Å²) in [5.74, 6) is -2.95. The van der Waals surface area contributed by atoms with E-state index in [1.54, 1.807) is 12.1 Å². The van der Waals surface area contributed by atoms with Gasteiger partial charge in [0.05, 0.1) is 18.8 Å². The van der Waals surface area contributed by atoms with E-state index in [0.29, 0.717) is 18.0 Å². The first-order valence-electron chi connectivity index (χ1n) is 13.0. The molecule has 15 heteroatoms. The van der Waals surface area contributed by atoms with Crippen LogP contribution in [0.1, 0.15) is 33.8 Å². The normalized spacial score (nSPS) is 17.2. The minimum absolute atomic E-state index is 0. The monoisotopic (exact) mass is 628 g/mol. The van der Waals surface area contributed by atoms with Gasteiger partial charge in [0.1, 0.15) is 27.2 Å². The number of pyridine rings is 1. The fourth-order valence-corrected chi connectivity index (χ4v) is 7.08. The minimum atomic E-state index is -3.70. The van der Waals surface area contributed by atoms with Crippen molar-refractivity contribution < 1.29 is 26.7 Å². The molecule has 222 valence electrons. The number of benzene rings is 1. The van der Waals surface area contributed by atoms with E-state index in [2.05, 4.69) is 20.2 Å². The standard InChI is InChI=1S/C26H30F2N6O4S2.ClH/c27-20-2-1-3-21(28)22(20)23(35)24-25(29)32-26(39-24)31-18-7-10-34(11-8-18)40(36,37)19-5-4-17(30-16-19)6-9-33-12-14-38-15-13-33;/h1-5,16,18H,6-15,29H2,(H,31,32);1H. The lowest BCUT2D eigenvalue weighted by molar-refractivity contribution is 0.0383. The molecule has 0 spiro atoms. The molecule has 10 nitrogen and oxygen atoms in total. The van der Waals surface area contributed by atoms with E-state index in [4.69, 9.17) is 10.5 Å². The number of aromatic nitrogens is 2. The average molecular weight is 629 g/mol. The SMILES string of the molecule is Cl.Nc1nc(NC2CCN(S(=O)(=O)c3ccc(CCN4CCOCC4)nc3)CC2)sc1C(=O)c1c(F)cccc1F. The Balaban J connectivity index is 0.00000387. The molecule has 4 heterocycles. The van der Waals surface area contributed by atoms with Gasteiger partial charge < -0.3 is 15.8 Å². The summed E-state index contributed by atoms with van der Waals surface area (Å²) in [4.78, 5) is 23.7. The maximum atomic E-state index is 14.1. The molecule has 0 saturated carbocycles. The van der Waals surface area contributed by atoms with Crippen LogP contribution in [0.15, 0.2) is 41.4 Å². The van der Waals surface area contributed by atoms with E-state index in [1.807, 2.05) is 0 Å². The van der Waals surface area contributed by atoms with Crippen molar-refractivity contribution in [3.05, 3.63) is 64.3 Å². The van der Waals surface area contributed by atoms with Crippen LogP contribution in [0, 0.1) is 11.6 Å². The quantitative estimate of drug-likeness (QED) is 0.343. The van der Waals surface area contributed by atoms with Gasteiger partial charge in [-0.1, -0.05) is 17.4 Å². The van der Waals surface area contributed by atoms with E-state index >= 15 is 0 Å². The Hall–Kier alpha value is -2.75. The molecule has 3 N–H and O–H groups in total. The number of nitrogens with zero attached hydrogens (tertiary/aromatic N) is 4. The van der Waals surface area contributed by atoms with Crippen molar-refractivity contribution in [2.75, 3.05) is 57.0 Å². The molecule has 41 heavy (non-hydrogen) atoms. The molecule has 3 aromatic rings. The third kappa shape index (κ3) is 7.19. The van der Waals surface area contributed by atoms with Crippen molar-refractivity contribution in [2.45, 2.75) is 30.2 Å². The van der Waals surface area contributed by atoms with Crippen LogP contribution in [-0.4, -0.2) is 85.4 Å². The Kier molecular flexibility index (Phi) is 10.3. The first-order chi connectivity index (χ1) is 19.2. The summed E-state index contributed by atoms with van der Waals surface area (Å²) in [5.41, 5.74) is 6.05. The zero-order valence-electron chi connectivity index (χ0n) is 22.1. The second-order valence-electron chi connectivity index (χ2n) is 9.67. The highest BCUT2D eigenvalue weighted by atomic mass is 35.5. The third-order valence-corrected chi connectivity index (χ3v) is 9.94. The van der Waals surface area contributed by atoms with Crippen LogP contribution >= 0.6 is 23.7 Å². The number of carbonyl (C=O) groups is 1. The molecule has 0 amide bonds. The number of carbonyl (C=O) groups excluding carboxylic acids is 1. The van der Waals surface area contributed by atoms with Crippen molar-refractivity contribution in [1.29, 1.82) is 0 Å². The molecule has 0 radical (unpaired) electrons. The number of ether oxygens (including phenoxy) is 1. The van der Waals surface area contributed by atoms with Gasteiger partial charge in [0.15, 0.2) is 5.13 Å². The van der Waals surface area contributed by atoms with Crippen molar-refractivity contribution in [3.63, 3.8) is 0 Å². The van der Waals surface area contributed by atoms with Crippen LogP contribution in [0.5, 0.6) is 0 Å². The molecule has 2 aliphatic rings. The zero-order chi connectivity index (χ0) is 28.3. The number of morpholine rings is 1. The van der Waals surface area contributed by atoms with Crippen molar-refractivity contribution in [1.82, 2.24) is 19.2 Å². The van der Waals surface area contributed by atoms with Crippen molar-refractivity contribution in [3.8, 4) is 0 Å². The van der Waals surface area contributed by atoms with E-state index < -0.39 is 33.0 Å². The fourth-order valence-electron chi connectivity index (χ4n) is 4.76. The first-order valence-corrected chi connectivity index (χ1v) is 15.2. The summed E-state index contributed by atoms with van der Waals surface area (Å²) in [6.07, 6.45) is 3.15. The van der Waals surface area contributed by atoms with E-state index in [0.717, 1.165) is 68.4 Å². The number of ketones is 1. The summed E-state index contributed by atoms with van der Waals surface area (Å²) in [5, 5.41) is 3.51. The van der Waals surface area contributed by atoms with Crippen molar-refractivity contribution in [2.24, 2.45) is 0 Å². The second-order valence-corrected chi connectivity index (χ2v) is 12.6. The van der Waals surface area contributed by atoms with Gasteiger partial charge in [-0.15, -0.1) is 12.4 Å². The van der Waals surface area contributed by atoms with Crippen molar-refractivity contribution >= 4 is 50.5 Å². The summed E-state index contributed by atoms with van der Waals surface area (Å²) in [7, 11) is -3.70. The number of halogens is 3. The summed E-state index contributed by atoms with van der Waals surface area (Å²) in [6.45, 7) is 4.65. The molecule has 2 aromatic heterocycles. The number of nitrogens with two attached hydrogens (primary N) is 1. The Bertz CT molecular complexity index is 1440. The average Bonchev–Trinajstić information content (AvgIpc) is 3.32. The van der Waals surface area contributed by atoms with Gasteiger partial charge in [-0.2, -0.15) is 4.31 Å². The van der Waals surface area contributed by atoms with Crippen LogP contribution in [0.3, 0.4) is 0 Å². The summed E-state index contributed by atoms with van der Waals surface area (Å²) in [6, 6.07) is 6.44. The van der Waals surface area contributed by atoms with Gasteiger partial charge in [0.25, 0.3) is 0 Å². The lowest BCUT2D eigenvalue weighted by Gasteiger charge is -2.31. The largest absolute Gasteiger partial charge is 0.382 e. The van der Waals surface area contributed by atoms with Gasteiger partial charge in [-0.05, 0) is 37.1 Å².